The fourth-order valence-corrected chi connectivity index (χ4v) is 5.44. The Morgan fingerprint density at radius 1 is 1.25 bits per heavy atom. The van der Waals surface area contributed by atoms with E-state index in [0.29, 0.717) is 0 Å². The van der Waals surface area contributed by atoms with Crippen LogP contribution in [0.5, 0.6) is 0 Å². The molecule has 0 saturated heterocycles. The molecular formula is C11H10FIS3. The van der Waals surface area contributed by atoms with Gasteiger partial charge in [0.15, 0.2) is 10.3 Å². The number of benzene rings is 1. The lowest BCUT2D eigenvalue weighted by Crippen LogP contribution is -3.00. The number of rotatable bonds is 2. The number of hydrogen-bond donors (Lipinski definition) is 0. The monoisotopic (exact) mass is 384 g/mol. The van der Waals surface area contributed by atoms with Crippen LogP contribution in [0.25, 0.3) is 10.4 Å². The highest BCUT2D eigenvalue weighted by molar-refractivity contribution is 8.02. The van der Waals surface area contributed by atoms with Crippen LogP contribution < -0.4 is 24.0 Å². The fourth-order valence-electron chi connectivity index (χ4n) is 1.35. The first-order chi connectivity index (χ1) is 7.22. The van der Waals surface area contributed by atoms with Gasteiger partial charge in [0.05, 0.1) is 0 Å². The van der Waals surface area contributed by atoms with E-state index in [0.717, 1.165) is 5.56 Å². The van der Waals surface area contributed by atoms with Crippen molar-refractivity contribution < 1.29 is 28.4 Å². The molecule has 0 aliphatic carbocycles. The molecule has 0 aliphatic heterocycles. The molecule has 5 heteroatoms. The minimum Gasteiger partial charge on any atom is -1.00 e. The maximum Gasteiger partial charge on any atom is 0.308 e. The average Bonchev–Trinajstić information content (AvgIpc) is 2.61. The van der Waals surface area contributed by atoms with Gasteiger partial charge in [-0.3, -0.25) is 0 Å². The normalized spacial score (nSPS) is 9.94. The van der Waals surface area contributed by atoms with E-state index in [1.54, 1.807) is 32.4 Å². The molecule has 2 rings (SSSR count). The van der Waals surface area contributed by atoms with Crippen LogP contribution in [0.2, 0.25) is 0 Å². The van der Waals surface area contributed by atoms with E-state index >= 15 is 0 Å². The van der Waals surface area contributed by atoms with Crippen LogP contribution in [-0.4, -0.2) is 6.26 Å². The Bertz CT molecular complexity index is 465. The number of hydrogen-bond acceptors (Lipinski definition) is 2. The predicted molar refractivity (Wildman–Crippen MR) is 68.5 cm³/mol. The van der Waals surface area contributed by atoms with Crippen LogP contribution in [0.4, 0.5) is 4.39 Å². The summed E-state index contributed by atoms with van der Waals surface area (Å²) in [5.74, 6) is -0.179. The molecule has 2 aromatic rings. The highest BCUT2D eigenvalue weighted by Crippen LogP contribution is 2.40. The van der Waals surface area contributed by atoms with Gasteiger partial charge in [-0.1, -0.05) is 23.9 Å². The SMILES string of the molecule is CSc1[s+]sc(-c2ccc(F)cc2)c1C.[I-]. The first-order valence-corrected chi connectivity index (χ1v) is 7.82. The Balaban J connectivity index is 0.00000128. The third-order valence-corrected chi connectivity index (χ3v) is 6.38. The van der Waals surface area contributed by atoms with Crippen molar-refractivity contribution in [3.8, 4) is 10.4 Å². The minimum atomic E-state index is -0.179. The van der Waals surface area contributed by atoms with Crippen LogP contribution >= 0.6 is 32.4 Å². The van der Waals surface area contributed by atoms with Crippen molar-refractivity contribution in [2.24, 2.45) is 0 Å². The summed E-state index contributed by atoms with van der Waals surface area (Å²) in [7, 11) is 3.54. The third kappa shape index (κ3) is 2.94. The lowest BCUT2D eigenvalue weighted by atomic mass is 10.1. The van der Waals surface area contributed by atoms with Crippen LogP contribution in [0.15, 0.2) is 28.5 Å². The molecule has 0 radical (unpaired) electrons. The predicted octanol–water partition coefficient (Wildman–Crippen LogP) is 1.93. The Morgan fingerprint density at radius 3 is 2.38 bits per heavy atom. The summed E-state index contributed by atoms with van der Waals surface area (Å²) < 4.78 is 14.1. The molecule has 0 unspecified atom stereocenters. The Hall–Kier alpha value is 0.280. The zero-order valence-electron chi connectivity index (χ0n) is 8.79. The third-order valence-electron chi connectivity index (χ3n) is 2.14. The highest BCUT2D eigenvalue weighted by atomic mass is 127. The summed E-state index contributed by atoms with van der Waals surface area (Å²) in [6, 6.07) is 6.70. The van der Waals surface area contributed by atoms with E-state index in [2.05, 4.69) is 13.2 Å². The molecule has 1 aromatic heterocycles. The van der Waals surface area contributed by atoms with Gasteiger partial charge in [-0.2, -0.15) is 0 Å². The minimum absolute atomic E-state index is 0. The molecule has 0 saturated carbocycles. The van der Waals surface area contributed by atoms with Crippen molar-refractivity contribution >= 4 is 32.4 Å². The average molecular weight is 384 g/mol. The lowest BCUT2D eigenvalue weighted by Gasteiger charge is -1.96. The molecule has 1 heterocycles. The van der Waals surface area contributed by atoms with Crippen molar-refractivity contribution in [3.05, 3.63) is 35.6 Å². The van der Waals surface area contributed by atoms with Crippen molar-refractivity contribution in [1.82, 2.24) is 0 Å². The summed E-state index contributed by atoms with van der Waals surface area (Å²) in [5, 5.41) is 0. The quantitative estimate of drug-likeness (QED) is 0.330. The fraction of sp³-hybridized carbons (Fsp3) is 0.182. The highest BCUT2D eigenvalue weighted by Gasteiger charge is 2.20. The van der Waals surface area contributed by atoms with Crippen LogP contribution in [0.1, 0.15) is 5.56 Å². The summed E-state index contributed by atoms with van der Waals surface area (Å²) in [4.78, 5) is 1.25. The van der Waals surface area contributed by atoms with Crippen LogP contribution in [0, 0.1) is 12.7 Å². The van der Waals surface area contributed by atoms with Crippen molar-refractivity contribution in [2.75, 3.05) is 6.26 Å². The lowest BCUT2D eigenvalue weighted by molar-refractivity contribution is -0.00000352. The van der Waals surface area contributed by atoms with Crippen LogP contribution in [0.3, 0.4) is 0 Å². The van der Waals surface area contributed by atoms with Gasteiger partial charge in [0.2, 0.25) is 0 Å². The second-order valence-corrected chi connectivity index (χ2v) is 6.34. The molecule has 86 valence electrons. The topological polar surface area (TPSA) is 0 Å². The standard InChI is InChI=1S/C11H10FS3.HI/c1-7-10(14-15-11(7)13-2)8-3-5-9(12)6-4-8;/h3-6H,1-2H3;1H/q+1;/p-1. The molecule has 0 aliphatic rings. The molecule has 0 N–H and O–H groups in total. The van der Waals surface area contributed by atoms with E-state index in [1.807, 2.05) is 12.1 Å². The first-order valence-electron chi connectivity index (χ1n) is 4.45. The smallest absolute Gasteiger partial charge is 0.308 e. The van der Waals surface area contributed by atoms with Gasteiger partial charge in [0.1, 0.15) is 10.7 Å². The zero-order chi connectivity index (χ0) is 10.8. The van der Waals surface area contributed by atoms with Gasteiger partial charge in [0.25, 0.3) is 4.21 Å². The molecular weight excluding hydrogens is 374 g/mol. The summed E-state index contributed by atoms with van der Waals surface area (Å²) in [5.41, 5.74) is 2.42. The van der Waals surface area contributed by atoms with Gasteiger partial charge in [-0.05, 0) is 30.9 Å². The van der Waals surface area contributed by atoms with Crippen molar-refractivity contribution in [2.45, 2.75) is 11.1 Å². The summed E-state index contributed by atoms with van der Waals surface area (Å²) in [6.07, 6.45) is 2.08. The van der Waals surface area contributed by atoms with E-state index in [-0.39, 0.29) is 29.8 Å². The van der Waals surface area contributed by atoms with Gasteiger partial charge in [-0.25, -0.2) is 4.39 Å². The summed E-state index contributed by atoms with van der Waals surface area (Å²) in [6.45, 7) is 2.12. The second-order valence-electron chi connectivity index (χ2n) is 3.12. The van der Waals surface area contributed by atoms with E-state index in [4.69, 9.17) is 0 Å². The molecule has 1 aromatic carbocycles. The number of halogens is 2. The number of thioether (sulfide) groups is 1. The molecule has 0 spiro atoms. The maximum absolute atomic E-state index is 12.8. The molecule has 16 heavy (non-hydrogen) atoms. The Kier molecular flexibility index (Phi) is 5.63. The molecule has 0 fully saturated rings. The first kappa shape index (κ1) is 14.3. The van der Waals surface area contributed by atoms with E-state index in [9.17, 15) is 4.39 Å². The molecule has 0 amide bonds. The molecule has 0 atom stereocenters. The molecule has 0 nitrogen and oxygen atoms in total. The largest absolute Gasteiger partial charge is 1.00 e. The maximum atomic E-state index is 12.8. The van der Waals surface area contributed by atoms with Gasteiger partial charge in [0, 0.05) is 5.56 Å². The van der Waals surface area contributed by atoms with Gasteiger partial charge in [-0.15, -0.1) is 0 Å². The summed E-state index contributed by atoms with van der Waals surface area (Å²) >= 11 is 1.77. The van der Waals surface area contributed by atoms with Gasteiger partial charge < -0.3 is 24.0 Å². The van der Waals surface area contributed by atoms with E-state index < -0.39 is 0 Å². The molecule has 0 bridgehead atoms. The van der Waals surface area contributed by atoms with Crippen LogP contribution in [-0.2, 0) is 0 Å². The van der Waals surface area contributed by atoms with Crippen molar-refractivity contribution in [1.29, 1.82) is 0 Å². The van der Waals surface area contributed by atoms with E-state index in [1.165, 1.54) is 26.8 Å². The second kappa shape index (κ2) is 6.28. The zero-order valence-corrected chi connectivity index (χ0v) is 13.4. The van der Waals surface area contributed by atoms with Crippen molar-refractivity contribution in [3.63, 3.8) is 0 Å². The van der Waals surface area contributed by atoms with Gasteiger partial charge >= 0.3 is 10.3 Å². The Labute approximate surface area is 123 Å². The Morgan fingerprint density at radius 2 is 1.88 bits per heavy atom.